The predicted molar refractivity (Wildman–Crippen MR) is 107 cm³/mol. The number of rotatable bonds is 7. The maximum absolute atomic E-state index is 12.8. The minimum Gasteiger partial charge on any atom is -0.371 e. The number of pyridine rings is 1. The minimum absolute atomic E-state index is 0.111. The average molecular weight is 383 g/mol. The van der Waals surface area contributed by atoms with E-state index in [1.807, 2.05) is 32.2 Å². The third-order valence-corrected chi connectivity index (χ3v) is 5.01. The summed E-state index contributed by atoms with van der Waals surface area (Å²) in [4.78, 5) is 29.9. The maximum Gasteiger partial charge on any atom is 0.293 e. The third-order valence-electron chi connectivity index (χ3n) is 5.01. The number of benzene rings is 1. The van der Waals surface area contributed by atoms with Gasteiger partial charge in [0.15, 0.2) is 0 Å². The van der Waals surface area contributed by atoms with Crippen LogP contribution in [0.3, 0.4) is 0 Å². The number of nitro groups is 1. The summed E-state index contributed by atoms with van der Waals surface area (Å²) in [6, 6.07) is 9.95. The topological polar surface area (TPSA) is 100 Å². The van der Waals surface area contributed by atoms with Crippen LogP contribution in [0.15, 0.2) is 42.6 Å². The Hall–Kier alpha value is -3.00. The van der Waals surface area contributed by atoms with E-state index in [2.05, 4.69) is 15.6 Å². The number of nitrogens with zero attached hydrogens (tertiary/aromatic N) is 3. The van der Waals surface area contributed by atoms with Gasteiger partial charge in [-0.3, -0.25) is 19.9 Å². The number of anilines is 1. The molecule has 1 aliphatic rings. The molecule has 2 aromatic rings. The molecule has 0 aliphatic carbocycles. The Morgan fingerprint density at radius 1 is 1.39 bits per heavy atom. The van der Waals surface area contributed by atoms with E-state index in [-0.39, 0.29) is 17.6 Å². The zero-order chi connectivity index (χ0) is 20.1. The summed E-state index contributed by atoms with van der Waals surface area (Å²) in [7, 11) is 1.89. The monoisotopic (exact) mass is 383 g/mol. The van der Waals surface area contributed by atoms with Gasteiger partial charge in [-0.25, -0.2) is 0 Å². The Balaban J connectivity index is 1.78. The van der Waals surface area contributed by atoms with Crippen LogP contribution in [0.2, 0.25) is 0 Å². The van der Waals surface area contributed by atoms with Gasteiger partial charge in [-0.05, 0) is 57.1 Å². The van der Waals surface area contributed by atoms with Gasteiger partial charge in [0.05, 0.1) is 16.7 Å². The summed E-state index contributed by atoms with van der Waals surface area (Å²) in [6.07, 6.45) is 2.62. The molecule has 1 aromatic heterocycles. The first-order valence-electron chi connectivity index (χ1n) is 9.39. The zero-order valence-corrected chi connectivity index (χ0v) is 16.1. The van der Waals surface area contributed by atoms with Gasteiger partial charge in [-0.2, -0.15) is 0 Å². The van der Waals surface area contributed by atoms with Crippen molar-refractivity contribution in [2.45, 2.75) is 19.4 Å². The largest absolute Gasteiger partial charge is 0.371 e. The fraction of sp³-hybridized carbons (Fsp3) is 0.400. The molecule has 2 unspecified atom stereocenters. The molecule has 2 N–H and O–H groups in total. The summed E-state index contributed by atoms with van der Waals surface area (Å²) in [6.45, 7) is 4.09. The van der Waals surface area contributed by atoms with Crippen LogP contribution in [0.1, 0.15) is 35.4 Å². The highest BCUT2D eigenvalue weighted by atomic mass is 16.6. The summed E-state index contributed by atoms with van der Waals surface area (Å²) >= 11 is 0. The van der Waals surface area contributed by atoms with Gasteiger partial charge in [0.2, 0.25) is 0 Å². The highest BCUT2D eigenvalue weighted by Crippen LogP contribution is 2.30. The molecule has 0 bridgehead atoms. The predicted octanol–water partition coefficient (Wildman–Crippen LogP) is 2.84. The van der Waals surface area contributed by atoms with Crippen molar-refractivity contribution >= 4 is 17.3 Å². The van der Waals surface area contributed by atoms with Crippen LogP contribution in [0, 0.1) is 16.0 Å². The fourth-order valence-corrected chi connectivity index (χ4v) is 3.53. The van der Waals surface area contributed by atoms with Crippen LogP contribution < -0.4 is 10.6 Å². The number of nitrogens with one attached hydrogen (secondary N) is 2. The number of hydrogen-bond donors (Lipinski definition) is 2. The van der Waals surface area contributed by atoms with Crippen molar-refractivity contribution in [3.8, 4) is 0 Å². The van der Waals surface area contributed by atoms with Crippen molar-refractivity contribution in [2.24, 2.45) is 5.92 Å². The molecule has 1 aromatic carbocycles. The van der Waals surface area contributed by atoms with Gasteiger partial charge in [-0.15, -0.1) is 0 Å². The van der Waals surface area contributed by atoms with Crippen LogP contribution in [0.25, 0.3) is 0 Å². The highest BCUT2D eigenvalue weighted by molar-refractivity contribution is 5.96. The van der Waals surface area contributed by atoms with Gasteiger partial charge in [0, 0.05) is 30.9 Å². The van der Waals surface area contributed by atoms with Crippen LogP contribution in [0.4, 0.5) is 11.4 Å². The van der Waals surface area contributed by atoms with Crippen LogP contribution in [0.5, 0.6) is 0 Å². The second-order valence-electron chi connectivity index (χ2n) is 7.07. The smallest absolute Gasteiger partial charge is 0.293 e. The Morgan fingerprint density at radius 2 is 2.21 bits per heavy atom. The van der Waals surface area contributed by atoms with Crippen molar-refractivity contribution in [2.75, 3.05) is 32.0 Å². The molecular weight excluding hydrogens is 358 g/mol. The number of carbonyl (C=O) groups is 1. The molecule has 8 nitrogen and oxygen atoms in total. The van der Waals surface area contributed by atoms with Crippen LogP contribution in [-0.4, -0.2) is 47.4 Å². The van der Waals surface area contributed by atoms with E-state index in [9.17, 15) is 14.9 Å². The van der Waals surface area contributed by atoms with E-state index in [4.69, 9.17) is 0 Å². The molecule has 0 saturated carbocycles. The van der Waals surface area contributed by atoms with Gasteiger partial charge in [0.25, 0.3) is 11.6 Å². The SMILES string of the molecule is CNCC1CCN(C(=O)c2ccc(NC(C)c3ccccn3)c([N+](=O)[O-])c2)C1. The molecule has 1 fully saturated rings. The van der Waals surface area contributed by atoms with Crippen molar-refractivity contribution in [3.63, 3.8) is 0 Å². The van der Waals surface area contributed by atoms with E-state index in [1.54, 1.807) is 23.2 Å². The first-order chi connectivity index (χ1) is 13.5. The van der Waals surface area contributed by atoms with Gasteiger partial charge in [0.1, 0.15) is 5.69 Å². The zero-order valence-electron chi connectivity index (χ0n) is 16.1. The van der Waals surface area contributed by atoms with Gasteiger partial charge >= 0.3 is 0 Å². The number of nitro benzene ring substituents is 1. The van der Waals surface area contributed by atoms with E-state index in [1.165, 1.54) is 6.07 Å². The first kappa shape index (κ1) is 19.8. The molecule has 0 spiro atoms. The Kier molecular flexibility index (Phi) is 6.20. The second-order valence-corrected chi connectivity index (χ2v) is 7.07. The normalized spacial score (nSPS) is 17.4. The Labute approximate surface area is 164 Å². The quantitative estimate of drug-likeness (QED) is 0.563. The number of carbonyl (C=O) groups excluding carboxylic acids is 1. The first-order valence-corrected chi connectivity index (χ1v) is 9.39. The summed E-state index contributed by atoms with van der Waals surface area (Å²) in [5.74, 6) is 0.259. The lowest BCUT2D eigenvalue weighted by Crippen LogP contribution is -2.30. The average Bonchev–Trinajstić information content (AvgIpc) is 3.17. The summed E-state index contributed by atoms with van der Waals surface area (Å²) in [5, 5.41) is 17.9. The van der Waals surface area contributed by atoms with E-state index in [0.29, 0.717) is 30.3 Å². The number of hydrogen-bond acceptors (Lipinski definition) is 6. The van der Waals surface area contributed by atoms with E-state index < -0.39 is 4.92 Å². The molecular formula is C20H25N5O3. The Morgan fingerprint density at radius 3 is 2.89 bits per heavy atom. The van der Waals surface area contributed by atoms with Crippen molar-refractivity contribution in [1.29, 1.82) is 0 Å². The van der Waals surface area contributed by atoms with Crippen LogP contribution >= 0.6 is 0 Å². The van der Waals surface area contributed by atoms with Gasteiger partial charge < -0.3 is 15.5 Å². The molecule has 8 heteroatoms. The van der Waals surface area contributed by atoms with Crippen molar-refractivity contribution < 1.29 is 9.72 Å². The maximum atomic E-state index is 12.8. The number of amides is 1. The standard InChI is InChI=1S/C20H25N5O3/c1-14(17-5-3-4-9-22-17)23-18-7-6-16(11-19(18)25(27)28)20(26)24-10-8-15(13-24)12-21-2/h3-7,9,11,14-15,21,23H,8,10,12-13H2,1-2H3. The lowest BCUT2D eigenvalue weighted by Gasteiger charge is -2.18. The van der Waals surface area contributed by atoms with E-state index in [0.717, 1.165) is 18.7 Å². The molecule has 2 atom stereocenters. The molecule has 2 heterocycles. The molecule has 1 aliphatic heterocycles. The second kappa shape index (κ2) is 8.79. The molecule has 1 saturated heterocycles. The number of aromatic nitrogens is 1. The lowest BCUT2D eigenvalue weighted by atomic mass is 10.1. The van der Waals surface area contributed by atoms with E-state index >= 15 is 0 Å². The fourth-order valence-electron chi connectivity index (χ4n) is 3.53. The number of likely N-dealkylation sites (tertiary alicyclic amines) is 1. The van der Waals surface area contributed by atoms with Crippen LogP contribution in [-0.2, 0) is 0 Å². The summed E-state index contributed by atoms with van der Waals surface area (Å²) in [5.41, 5.74) is 1.38. The third kappa shape index (κ3) is 4.45. The highest BCUT2D eigenvalue weighted by Gasteiger charge is 2.28. The Bertz CT molecular complexity index is 843. The molecule has 1 amide bonds. The van der Waals surface area contributed by atoms with Crippen molar-refractivity contribution in [3.05, 3.63) is 64.0 Å². The minimum atomic E-state index is -0.460. The molecule has 0 radical (unpaired) electrons. The molecule has 3 rings (SSSR count). The summed E-state index contributed by atoms with van der Waals surface area (Å²) < 4.78 is 0. The van der Waals surface area contributed by atoms with Crippen molar-refractivity contribution in [1.82, 2.24) is 15.2 Å². The molecule has 28 heavy (non-hydrogen) atoms. The molecule has 148 valence electrons. The lowest BCUT2D eigenvalue weighted by molar-refractivity contribution is -0.384. The van der Waals surface area contributed by atoms with Gasteiger partial charge in [-0.1, -0.05) is 6.07 Å².